The SMILES string of the molecule is COc1ccc(-c2nn(-c3ccccc3)cc2CNC[C@H]2O[C@@H](n3cnc(C(N)=O)n3)[C@H](O)[C@@H]2O)cc1. The lowest BCUT2D eigenvalue weighted by Crippen LogP contribution is -2.37. The molecular formula is C25H27N7O5. The number of nitrogens with zero attached hydrogens (tertiary/aromatic N) is 5. The molecule has 5 rings (SSSR count). The number of benzene rings is 2. The molecule has 0 bridgehead atoms. The maximum absolute atomic E-state index is 11.3. The lowest BCUT2D eigenvalue weighted by molar-refractivity contribution is -0.0439. The van der Waals surface area contributed by atoms with Gasteiger partial charge in [-0.1, -0.05) is 18.2 Å². The molecule has 4 aromatic rings. The molecule has 192 valence electrons. The number of ether oxygens (including phenoxy) is 2. The van der Waals surface area contributed by atoms with Gasteiger partial charge in [0.15, 0.2) is 6.23 Å². The highest BCUT2D eigenvalue weighted by molar-refractivity contribution is 5.88. The van der Waals surface area contributed by atoms with Crippen LogP contribution in [0.2, 0.25) is 0 Å². The van der Waals surface area contributed by atoms with Crippen LogP contribution < -0.4 is 15.8 Å². The number of nitrogens with one attached hydrogen (secondary N) is 1. The monoisotopic (exact) mass is 505 g/mol. The first-order valence-electron chi connectivity index (χ1n) is 11.7. The van der Waals surface area contributed by atoms with Gasteiger partial charge in [-0.05, 0) is 36.4 Å². The van der Waals surface area contributed by atoms with Gasteiger partial charge in [-0.15, -0.1) is 5.10 Å². The molecule has 5 N–H and O–H groups in total. The number of rotatable bonds is 9. The number of hydrogen-bond acceptors (Lipinski definition) is 9. The van der Waals surface area contributed by atoms with E-state index in [0.717, 1.165) is 28.3 Å². The quantitative estimate of drug-likeness (QED) is 0.256. The molecule has 1 saturated heterocycles. The van der Waals surface area contributed by atoms with Gasteiger partial charge in [-0.25, -0.2) is 14.3 Å². The highest BCUT2D eigenvalue weighted by atomic mass is 16.6. The maximum Gasteiger partial charge on any atom is 0.288 e. The van der Waals surface area contributed by atoms with Crippen molar-refractivity contribution < 1.29 is 24.5 Å². The van der Waals surface area contributed by atoms with Gasteiger partial charge in [-0.3, -0.25) is 4.79 Å². The van der Waals surface area contributed by atoms with Crippen molar-refractivity contribution in [2.45, 2.75) is 31.1 Å². The molecule has 0 aliphatic carbocycles. The van der Waals surface area contributed by atoms with Crippen molar-refractivity contribution in [1.29, 1.82) is 0 Å². The van der Waals surface area contributed by atoms with Gasteiger partial charge in [0.05, 0.1) is 18.5 Å². The zero-order valence-corrected chi connectivity index (χ0v) is 20.0. The van der Waals surface area contributed by atoms with E-state index in [1.165, 1.54) is 11.0 Å². The van der Waals surface area contributed by atoms with Gasteiger partial charge in [0, 0.05) is 30.4 Å². The Hall–Kier alpha value is -4.10. The maximum atomic E-state index is 11.3. The van der Waals surface area contributed by atoms with Gasteiger partial charge >= 0.3 is 0 Å². The molecule has 1 fully saturated rings. The number of carbonyl (C=O) groups excluding carboxylic acids is 1. The van der Waals surface area contributed by atoms with Crippen LogP contribution in [-0.4, -0.2) is 72.6 Å². The number of primary amides is 1. The molecule has 2 aromatic heterocycles. The Kier molecular flexibility index (Phi) is 6.97. The Morgan fingerprint density at radius 3 is 2.54 bits per heavy atom. The summed E-state index contributed by atoms with van der Waals surface area (Å²) in [5, 5.41) is 33.0. The molecule has 1 aliphatic rings. The summed E-state index contributed by atoms with van der Waals surface area (Å²) in [6.45, 7) is 0.668. The molecule has 12 heteroatoms. The number of carbonyl (C=O) groups is 1. The van der Waals surface area contributed by atoms with Gasteiger partial charge in [0.25, 0.3) is 5.91 Å². The van der Waals surface area contributed by atoms with Gasteiger partial charge in [0.1, 0.15) is 30.4 Å². The van der Waals surface area contributed by atoms with Crippen LogP contribution in [0.25, 0.3) is 16.9 Å². The molecule has 0 radical (unpaired) electrons. The topological polar surface area (TPSA) is 163 Å². The minimum Gasteiger partial charge on any atom is -0.497 e. The molecule has 12 nitrogen and oxygen atoms in total. The number of para-hydroxylation sites is 1. The predicted molar refractivity (Wildman–Crippen MR) is 132 cm³/mol. The van der Waals surface area contributed by atoms with E-state index in [-0.39, 0.29) is 12.4 Å². The van der Waals surface area contributed by atoms with E-state index in [1.807, 2.05) is 65.5 Å². The average Bonchev–Trinajstić information content (AvgIpc) is 3.64. The minimum absolute atomic E-state index is 0.201. The minimum atomic E-state index is -1.26. The summed E-state index contributed by atoms with van der Waals surface area (Å²) in [6, 6.07) is 17.4. The number of nitrogens with two attached hydrogens (primary N) is 1. The van der Waals surface area contributed by atoms with Gasteiger partial charge in [0.2, 0.25) is 5.82 Å². The molecule has 0 saturated carbocycles. The Morgan fingerprint density at radius 1 is 1.11 bits per heavy atom. The van der Waals surface area contributed by atoms with Gasteiger partial charge in [-0.2, -0.15) is 5.10 Å². The number of aromatic nitrogens is 5. The van der Waals surface area contributed by atoms with Crippen LogP contribution in [0.4, 0.5) is 0 Å². The van der Waals surface area contributed by atoms with Crippen molar-refractivity contribution in [1.82, 2.24) is 29.9 Å². The summed E-state index contributed by atoms with van der Waals surface area (Å²) in [7, 11) is 1.62. The lowest BCUT2D eigenvalue weighted by atomic mass is 10.1. The number of aliphatic hydroxyl groups excluding tert-OH is 2. The molecule has 1 amide bonds. The van der Waals surface area contributed by atoms with Crippen molar-refractivity contribution in [2.24, 2.45) is 5.73 Å². The molecular weight excluding hydrogens is 478 g/mol. The standard InChI is InChI=1S/C25H27N7O5/c1-36-18-9-7-15(8-10-18)20-16(13-31(29-20)17-5-3-2-4-6-17)11-27-12-19-21(33)22(34)25(37-19)32-14-28-24(30-32)23(26)35/h2-10,13-14,19,21-22,25,27,33-34H,11-12H2,1H3,(H2,26,35)/t19-,21-,22-,25-/m1/s1. The van der Waals surface area contributed by atoms with E-state index in [0.29, 0.717) is 6.54 Å². The highest BCUT2D eigenvalue weighted by Crippen LogP contribution is 2.29. The summed E-state index contributed by atoms with van der Waals surface area (Å²) in [6.07, 6.45) is -0.980. The van der Waals surface area contributed by atoms with E-state index < -0.39 is 30.4 Å². The summed E-state index contributed by atoms with van der Waals surface area (Å²) < 4.78 is 14.1. The summed E-state index contributed by atoms with van der Waals surface area (Å²) in [5.74, 6) is -0.246. The third kappa shape index (κ3) is 5.08. The molecule has 2 aromatic carbocycles. The number of aliphatic hydroxyl groups is 2. The van der Waals surface area contributed by atoms with Crippen molar-refractivity contribution in [3.8, 4) is 22.7 Å². The van der Waals surface area contributed by atoms with Crippen LogP contribution in [0.3, 0.4) is 0 Å². The zero-order valence-electron chi connectivity index (χ0n) is 20.0. The molecule has 37 heavy (non-hydrogen) atoms. The normalized spacial score (nSPS) is 21.3. The summed E-state index contributed by atoms with van der Waals surface area (Å²) in [5.41, 5.74) is 8.77. The summed E-state index contributed by atoms with van der Waals surface area (Å²) in [4.78, 5) is 15.1. The van der Waals surface area contributed by atoms with Crippen LogP contribution in [0, 0.1) is 0 Å². The van der Waals surface area contributed by atoms with Gasteiger partial charge < -0.3 is 30.7 Å². The van der Waals surface area contributed by atoms with Crippen molar-refractivity contribution in [2.75, 3.05) is 13.7 Å². The molecule has 0 unspecified atom stereocenters. The number of methoxy groups -OCH3 is 1. The Balaban J connectivity index is 1.31. The largest absolute Gasteiger partial charge is 0.497 e. The number of amides is 1. The van der Waals surface area contributed by atoms with Crippen LogP contribution in [0.15, 0.2) is 67.1 Å². The number of hydrogen-bond donors (Lipinski definition) is 4. The molecule has 0 spiro atoms. The Labute approximate surface area is 212 Å². The van der Waals surface area contributed by atoms with Crippen LogP contribution >= 0.6 is 0 Å². The van der Waals surface area contributed by atoms with Crippen molar-refractivity contribution >= 4 is 5.91 Å². The average molecular weight is 506 g/mol. The first-order valence-corrected chi connectivity index (χ1v) is 11.7. The first kappa shape index (κ1) is 24.6. The van der Waals surface area contributed by atoms with E-state index in [2.05, 4.69) is 15.4 Å². The fraction of sp³-hybridized carbons (Fsp3) is 0.280. The predicted octanol–water partition coefficient (Wildman–Crippen LogP) is 0.647. The first-order chi connectivity index (χ1) is 17.9. The fourth-order valence-corrected chi connectivity index (χ4v) is 4.22. The lowest BCUT2D eigenvalue weighted by Gasteiger charge is -2.15. The van der Waals surface area contributed by atoms with Crippen LogP contribution in [-0.2, 0) is 11.3 Å². The van der Waals surface area contributed by atoms with Crippen LogP contribution in [0.5, 0.6) is 5.75 Å². The Morgan fingerprint density at radius 2 is 1.86 bits per heavy atom. The molecule has 3 heterocycles. The molecule has 4 atom stereocenters. The Bertz CT molecular complexity index is 1360. The van der Waals surface area contributed by atoms with E-state index in [1.54, 1.807) is 7.11 Å². The molecule has 1 aliphatic heterocycles. The third-order valence-electron chi connectivity index (χ3n) is 6.16. The summed E-state index contributed by atoms with van der Waals surface area (Å²) >= 11 is 0. The second-order valence-corrected chi connectivity index (χ2v) is 8.60. The van der Waals surface area contributed by atoms with Crippen molar-refractivity contribution in [3.05, 3.63) is 78.5 Å². The van der Waals surface area contributed by atoms with Crippen molar-refractivity contribution in [3.63, 3.8) is 0 Å². The smallest absolute Gasteiger partial charge is 0.288 e. The second kappa shape index (κ2) is 10.5. The second-order valence-electron chi connectivity index (χ2n) is 8.60. The fourth-order valence-electron chi connectivity index (χ4n) is 4.22. The van der Waals surface area contributed by atoms with E-state index in [4.69, 9.17) is 20.3 Å². The highest BCUT2D eigenvalue weighted by Gasteiger charge is 2.44. The zero-order chi connectivity index (χ0) is 25.9. The van der Waals surface area contributed by atoms with E-state index in [9.17, 15) is 15.0 Å². The van der Waals surface area contributed by atoms with E-state index >= 15 is 0 Å². The third-order valence-corrected chi connectivity index (χ3v) is 6.16. The van der Waals surface area contributed by atoms with Crippen LogP contribution in [0.1, 0.15) is 22.4 Å².